The number of hydrogen-bond donors (Lipinski definition) is 2. The highest BCUT2D eigenvalue weighted by molar-refractivity contribution is 5.04. The molecule has 3 N–H and O–H groups in total. The summed E-state index contributed by atoms with van der Waals surface area (Å²) in [7, 11) is 0. The van der Waals surface area contributed by atoms with Crippen LogP contribution in [-0.2, 0) is 11.2 Å². The van der Waals surface area contributed by atoms with Crippen molar-refractivity contribution in [1.82, 2.24) is 9.97 Å². The van der Waals surface area contributed by atoms with E-state index in [1.54, 1.807) is 0 Å². The Labute approximate surface area is 88.7 Å². The Morgan fingerprint density at radius 3 is 3.00 bits per heavy atom. The highest BCUT2D eigenvalue weighted by Crippen LogP contribution is 2.10. The fraction of sp³-hybridized carbons (Fsp3) is 0.600. The Balaban J connectivity index is 2.92. The molecule has 0 radical (unpaired) electrons. The van der Waals surface area contributed by atoms with E-state index >= 15 is 0 Å². The maximum atomic E-state index is 11.3. The number of rotatable bonds is 5. The first kappa shape index (κ1) is 11.9. The molecule has 5 nitrogen and oxygen atoms in total. The summed E-state index contributed by atoms with van der Waals surface area (Å²) in [6, 6.07) is 1.47. The molecular formula is C10H17N3O2. The second kappa shape index (κ2) is 5.63. The number of nitrogens with zero attached hydrogens (tertiary/aromatic N) is 1. The molecule has 0 aliphatic rings. The van der Waals surface area contributed by atoms with Crippen LogP contribution in [0, 0.1) is 0 Å². The lowest BCUT2D eigenvalue weighted by molar-refractivity contribution is 0.0697. The Kier molecular flexibility index (Phi) is 4.45. The van der Waals surface area contributed by atoms with Crippen molar-refractivity contribution in [3.05, 3.63) is 27.9 Å². The largest absolute Gasteiger partial charge is 0.371 e. The van der Waals surface area contributed by atoms with Gasteiger partial charge in [0.2, 0.25) is 0 Å². The summed E-state index contributed by atoms with van der Waals surface area (Å²) >= 11 is 0. The third kappa shape index (κ3) is 3.45. The molecule has 0 aliphatic heterocycles. The van der Waals surface area contributed by atoms with Crippen LogP contribution >= 0.6 is 0 Å². The van der Waals surface area contributed by atoms with Gasteiger partial charge in [-0.15, -0.1) is 0 Å². The number of ether oxygens (including phenoxy) is 1. The van der Waals surface area contributed by atoms with Gasteiger partial charge in [-0.05, 0) is 20.4 Å². The van der Waals surface area contributed by atoms with Crippen LogP contribution in [0.3, 0.4) is 0 Å². The number of nitrogens with one attached hydrogen (secondary N) is 1. The topological polar surface area (TPSA) is 81.0 Å². The zero-order valence-corrected chi connectivity index (χ0v) is 9.12. The molecule has 0 spiro atoms. The molecule has 84 valence electrons. The normalized spacial score (nSPS) is 12.7. The molecule has 5 heteroatoms. The van der Waals surface area contributed by atoms with E-state index in [9.17, 15) is 4.79 Å². The monoisotopic (exact) mass is 211 g/mol. The van der Waals surface area contributed by atoms with E-state index in [4.69, 9.17) is 10.5 Å². The SMILES string of the molecule is CCOC(C)c1nc(CCN)cc(=O)[nH]1. The summed E-state index contributed by atoms with van der Waals surface area (Å²) in [6.45, 7) is 4.83. The average Bonchev–Trinajstić information content (AvgIpc) is 2.17. The van der Waals surface area contributed by atoms with Gasteiger partial charge in [0.1, 0.15) is 11.9 Å². The molecule has 0 fully saturated rings. The maximum Gasteiger partial charge on any atom is 0.251 e. The van der Waals surface area contributed by atoms with Crippen LogP contribution in [0.2, 0.25) is 0 Å². The first-order chi connectivity index (χ1) is 7.17. The first-order valence-electron chi connectivity index (χ1n) is 5.09. The van der Waals surface area contributed by atoms with Crippen molar-refractivity contribution >= 4 is 0 Å². The van der Waals surface area contributed by atoms with Gasteiger partial charge in [0.15, 0.2) is 0 Å². The number of H-pyrrole nitrogens is 1. The molecular weight excluding hydrogens is 194 g/mol. The molecule has 15 heavy (non-hydrogen) atoms. The van der Waals surface area contributed by atoms with Crippen LogP contribution < -0.4 is 11.3 Å². The minimum Gasteiger partial charge on any atom is -0.371 e. The van der Waals surface area contributed by atoms with Gasteiger partial charge in [-0.2, -0.15) is 0 Å². The second-order valence-corrected chi connectivity index (χ2v) is 3.26. The van der Waals surface area contributed by atoms with E-state index in [0.29, 0.717) is 31.1 Å². The van der Waals surface area contributed by atoms with Crippen molar-refractivity contribution in [2.24, 2.45) is 5.73 Å². The third-order valence-corrected chi connectivity index (χ3v) is 2.02. The van der Waals surface area contributed by atoms with Gasteiger partial charge < -0.3 is 15.5 Å². The van der Waals surface area contributed by atoms with Gasteiger partial charge in [-0.25, -0.2) is 4.98 Å². The quantitative estimate of drug-likeness (QED) is 0.737. The maximum absolute atomic E-state index is 11.3. The fourth-order valence-electron chi connectivity index (χ4n) is 1.33. The molecule has 1 aromatic rings. The highest BCUT2D eigenvalue weighted by atomic mass is 16.5. The lowest BCUT2D eigenvalue weighted by Gasteiger charge is -2.11. The van der Waals surface area contributed by atoms with Gasteiger partial charge in [0, 0.05) is 24.8 Å². The Morgan fingerprint density at radius 2 is 2.40 bits per heavy atom. The molecule has 1 rings (SSSR count). The number of aromatic amines is 1. The van der Waals surface area contributed by atoms with E-state index in [0.717, 1.165) is 0 Å². The van der Waals surface area contributed by atoms with Crippen molar-refractivity contribution in [2.45, 2.75) is 26.4 Å². The van der Waals surface area contributed by atoms with E-state index in [1.165, 1.54) is 6.07 Å². The third-order valence-electron chi connectivity index (χ3n) is 2.02. The Hall–Kier alpha value is -1.20. The van der Waals surface area contributed by atoms with E-state index in [-0.39, 0.29) is 11.7 Å². The lowest BCUT2D eigenvalue weighted by atomic mass is 10.3. The van der Waals surface area contributed by atoms with Crippen LogP contribution in [0.5, 0.6) is 0 Å². The molecule has 1 unspecified atom stereocenters. The molecule has 1 atom stereocenters. The summed E-state index contributed by atoms with van der Waals surface area (Å²) < 4.78 is 5.35. The molecule has 1 aromatic heterocycles. The molecule has 1 heterocycles. The van der Waals surface area contributed by atoms with Crippen molar-refractivity contribution in [2.75, 3.05) is 13.2 Å². The van der Waals surface area contributed by atoms with Gasteiger partial charge in [-0.3, -0.25) is 4.79 Å². The number of nitrogens with two attached hydrogens (primary N) is 1. The Morgan fingerprint density at radius 1 is 1.67 bits per heavy atom. The zero-order chi connectivity index (χ0) is 11.3. The van der Waals surface area contributed by atoms with E-state index < -0.39 is 0 Å². The number of aromatic nitrogens is 2. The summed E-state index contributed by atoms with van der Waals surface area (Å²) in [4.78, 5) is 18.2. The summed E-state index contributed by atoms with van der Waals surface area (Å²) in [5.41, 5.74) is 5.97. The fourth-order valence-corrected chi connectivity index (χ4v) is 1.33. The van der Waals surface area contributed by atoms with E-state index in [2.05, 4.69) is 9.97 Å². The van der Waals surface area contributed by atoms with Crippen LogP contribution in [-0.4, -0.2) is 23.1 Å². The summed E-state index contributed by atoms with van der Waals surface area (Å²) in [5.74, 6) is 0.563. The molecule has 0 saturated heterocycles. The average molecular weight is 211 g/mol. The van der Waals surface area contributed by atoms with Crippen LogP contribution in [0.15, 0.2) is 10.9 Å². The van der Waals surface area contributed by atoms with Crippen molar-refractivity contribution in [3.8, 4) is 0 Å². The smallest absolute Gasteiger partial charge is 0.251 e. The minimum absolute atomic E-state index is 0.157. The summed E-state index contributed by atoms with van der Waals surface area (Å²) in [6.07, 6.45) is 0.413. The predicted octanol–water partition coefficient (Wildman–Crippen LogP) is 0.369. The van der Waals surface area contributed by atoms with Crippen molar-refractivity contribution < 1.29 is 4.74 Å². The van der Waals surface area contributed by atoms with Gasteiger partial charge in [0.25, 0.3) is 5.56 Å². The standard InChI is InChI=1S/C10H17N3O2/c1-3-15-7(2)10-12-8(4-5-11)6-9(14)13-10/h6-7H,3-5,11H2,1-2H3,(H,12,13,14). The van der Waals surface area contributed by atoms with Crippen LogP contribution in [0.1, 0.15) is 31.5 Å². The predicted molar refractivity (Wildman–Crippen MR) is 57.7 cm³/mol. The van der Waals surface area contributed by atoms with Crippen LogP contribution in [0.4, 0.5) is 0 Å². The molecule has 0 aromatic carbocycles. The van der Waals surface area contributed by atoms with Crippen LogP contribution in [0.25, 0.3) is 0 Å². The van der Waals surface area contributed by atoms with Crippen molar-refractivity contribution in [3.63, 3.8) is 0 Å². The lowest BCUT2D eigenvalue weighted by Crippen LogP contribution is -2.17. The molecule has 0 bridgehead atoms. The summed E-state index contributed by atoms with van der Waals surface area (Å²) in [5, 5.41) is 0. The van der Waals surface area contributed by atoms with Crippen molar-refractivity contribution in [1.29, 1.82) is 0 Å². The molecule has 0 saturated carbocycles. The van der Waals surface area contributed by atoms with Gasteiger partial charge in [0.05, 0.1) is 0 Å². The Bertz CT molecular complexity index is 362. The number of hydrogen-bond acceptors (Lipinski definition) is 4. The van der Waals surface area contributed by atoms with Gasteiger partial charge in [-0.1, -0.05) is 0 Å². The second-order valence-electron chi connectivity index (χ2n) is 3.26. The van der Waals surface area contributed by atoms with Gasteiger partial charge >= 0.3 is 0 Å². The zero-order valence-electron chi connectivity index (χ0n) is 9.12. The minimum atomic E-state index is -0.194. The highest BCUT2D eigenvalue weighted by Gasteiger charge is 2.09. The molecule has 0 aliphatic carbocycles. The van der Waals surface area contributed by atoms with E-state index in [1.807, 2.05) is 13.8 Å². The molecule has 0 amide bonds. The first-order valence-corrected chi connectivity index (χ1v) is 5.09.